The number of carbonyl (C=O) groups is 2. The van der Waals surface area contributed by atoms with Gasteiger partial charge in [0, 0.05) is 26.5 Å². The molecule has 1 N–H and O–H groups in total. The molecule has 1 fully saturated rings. The fraction of sp³-hybridized carbons (Fsp3) is 0.500. The first-order valence-corrected chi connectivity index (χ1v) is 10.3. The van der Waals surface area contributed by atoms with Gasteiger partial charge in [-0.3, -0.25) is 9.59 Å². The van der Waals surface area contributed by atoms with Crippen molar-refractivity contribution in [1.29, 1.82) is 0 Å². The maximum atomic E-state index is 12.5. The highest BCUT2D eigenvalue weighted by molar-refractivity contribution is 7.15. The van der Waals surface area contributed by atoms with Crippen molar-refractivity contribution in [2.45, 2.75) is 38.6 Å². The number of nitrogens with one attached hydrogen (secondary N) is 1. The molecule has 2 aromatic rings. The van der Waals surface area contributed by atoms with Gasteiger partial charge in [0.25, 0.3) is 0 Å². The molecule has 1 aromatic carbocycles. The molecule has 1 saturated heterocycles. The summed E-state index contributed by atoms with van der Waals surface area (Å²) in [7, 11) is 1.61. The van der Waals surface area contributed by atoms with Crippen LogP contribution < -0.4 is 5.32 Å². The summed E-state index contributed by atoms with van der Waals surface area (Å²) in [5.41, 5.74) is 1.30. The van der Waals surface area contributed by atoms with Crippen LogP contribution in [0.3, 0.4) is 0 Å². The van der Waals surface area contributed by atoms with E-state index in [9.17, 15) is 9.59 Å². The fourth-order valence-corrected chi connectivity index (χ4v) is 4.15. The van der Waals surface area contributed by atoms with Crippen LogP contribution in [0.15, 0.2) is 30.3 Å². The van der Waals surface area contributed by atoms with Gasteiger partial charge in [-0.05, 0) is 25.3 Å². The fourth-order valence-electron chi connectivity index (χ4n) is 3.37. The number of aromatic nitrogens is 2. The first-order chi connectivity index (χ1) is 13.6. The highest BCUT2D eigenvalue weighted by Crippen LogP contribution is 2.23. The van der Waals surface area contributed by atoms with Crippen molar-refractivity contribution >= 4 is 28.3 Å². The lowest BCUT2D eigenvalue weighted by Crippen LogP contribution is -2.38. The highest BCUT2D eigenvalue weighted by atomic mass is 32.1. The van der Waals surface area contributed by atoms with Crippen LogP contribution in [0.5, 0.6) is 0 Å². The van der Waals surface area contributed by atoms with Gasteiger partial charge < -0.3 is 15.0 Å². The Hall–Kier alpha value is -2.32. The van der Waals surface area contributed by atoms with Crippen molar-refractivity contribution in [1.82, 2.24) is 15.1 Å². The Kier molecular flexibility index (Phi) is 7.11. The number of hydrogen-bond donors (Lipinski definition) is 1. The maximum Gasteiger partial charge on any atom is 0.231 e. The second-order valence-corrected chi connectivity index (χ2v) is 8.14. The van der Waals surface area contributed by atoms with Gasteiger partial charge in [-0.2, -0.15) is 0 Å². The first-order valence-electron chi connectivity index (χ1n) is 9.52. The lowest BCUT2D eigenvalue weighted by Gasteiger charge is -2.23. The van der Waals surface area contributed by atoms with Gasteiger partial charge in [0.1, 0.15) is 5.01 Å². The minimum Gasteiger partial charge on any atom is -0.383 e. The second kappa shape index (κ2) is 9.75. The normalized spacial score (nSPS) is 17.7. The second-order valence-electron chi connectivity index (χ2n) is 7.08. The number of nitrogens with zero attached hydrogens (tertiary/aromatic N) is 3. The molecule has 2 heterocycles. The van der Waals surface area contributed by atoms with Gasteiger partial charge in [0.15, 0.2) is 0 Å². The zero-order valence-electron chi connectivity index (χ0n) is 16.3. The number of methoxy groups -OCH3 is 1. The molecule has 0 radical (unpaired) electrons. The molecule has 7 nitrogen and oxygen atoms in total. The van der Waals surface area contributed by atoms with Crippen LogP contribution in [-0.2, 0) is 27.2 Å². The number of amides is 2. The summed E-state index contributed by atoms with van der Waals surface area (Å²) in [6.45, 7) is 2.80. The number of rotatable bonds is 9. The molecular weight excluding hydrogens is 376 g/mol. The van der Waals surface area contributed by atoms with Crippen molar-refractivity contribution < 1.29 is 14.3 Å². The lowest BCUT2D eigenvalue weighted by atomic mass is 10.1. The van der Waals surface area contributed by atoms with Gasteiger partial charge in [0.2, 0.25) is 16.9 Å². The minimum atomic E-state index is -0.364. The zero-order chi connectivity index (χ0) is 19.9. The third-order valence-corrected chi connectivity index (χ3v) is 5.76. The number of aryl methyl sites for hydroxylation is 2. The molecule has 2 amide bonds. The molecule has 0 unspecified atom stereocenters. The molecule has 1 aliphatic heterocycles. The lowest BCUT2D eigenvalue weighted by molar-refractivity contribution is -0.130. The number of ether oxygens (including phenoxy) is 1. The highest BCUT2D eigenvalue weighted by Gasteiger charge is 2.36. The Morgan fingerprint density at radius 1 is 1.32 bits per heavy atom. The third kappa shape index (κ3) is 5.36. The van der Waals surface area contributed by atoms with Crippen molar-refractivity contribution in [3.63, 3.8) is 0 Å². The molecule has 150 valence electrons. The molecule has 8 heteroatoms. The topological polar surface area (TPSA) is 84.4 Å². The van der Waals surface area contributed by atoms with Crippen molar-refractivity contribution in [3.8, 4) is 0 Å². The summed E-state index contributed by atoms with van der Waals surface area (Å²) in [6, 6.07) is 10.3. The first kappa shape index (κ1) is 20.4. The Labute approximate surface area is 169 Å². The van der Waals surface area contributed by atoms with Crippen LogP contribution in [0.4, 0.5) is 5.13 Å². The van der Waals surface area contributed by atoms with E-state index in [1.807, 2.05) is 25.1 Å². The van der Waals surface area contributed by atoms with Crippen LogP contribution in [0.1, 0.15) is 30.3 Å². The molecule has 3 rings (SSSR count). The molecular formula is C20H26N4O3S. The standard InChI is InChI=1S/C20H26N4O3S/c1-14(13-27-2)24-12-16(11-18(24)25)19(26)21-20-23-22-17(28-20)10-6-9-15-7-4-3-5-8-15/h3-5,7-8,14,16H,6,9-13H2,1-2H3,(H,21,23,26)/t14-,16-/m0/s1. The van der Waals surface area contributed by atoms with E-state index in [2.05, 4.69) is 27.6 Å². The van der Waals surface area contributed by atoms with E-state index in [4.69, 9.17) is 4.74 Å². The minimum absolute atomic E-state index is 0.0106. The number of carbonyl (C=O) groups excluding carboxylic acids is 2. The number of hydrogen-bond acceptors (Lipinski definition) is 6. The van der Waals surface area contributed by atoms with E-state index in [-0.39, 0.29) is 30.2 Å². The predicted molar refractivity (Wildman–Crippen MR) is 108 cm³/mol. The van der Waals surface area contributed by atoms with E-state index in [0.29, 0.717) is 18.3 Å². The van der Waals surface area contributed by atoms with Gasteiger partial charge in [-0.25, -0.2) is 0 Å². The Bertz CT molecular complexity index is 796. The van der Waals surface area contributed by atoms with Gasteiger partial charge in [-0.1, -0.05) is 41.7 Å². The smallest absolute Gasteiger partial charge is 0.231 e. The average molecular weight is 403 g/mol. The molecule has 28 heavy (non-hydrogen) atoms. The number of benzene rings is 1. The van der Waals surface area contributed by atoms with Crippen molar-refractivity contribution in [2.75, 3.05) is 25.6 Å². The average Bonchev–Trinajstić information content (AvgIpc) is 3.29. The van der Waals surface area contributed by atoms with Crippen LogP contribution in [0.2, 0.25) is 0 Å². The van der Waals surface area contributed by atoms with Crippen molar-refractivity contribution in [2.24, 2.45) is 5.92 Å². The zero-order valence-corrected chi connectivity index (χ0v) is 17.1. The Morgan fingerprint density at radius 3 is 2.86 bits per heavy atom. The molecule has 0 spiro atoms. The summed E-state index contributed by atoms with van der Waals surface area (Å²) in [4.78, 5) is 26.4. The quantitative estimate of drug-likeness (QED) is 0.697. The van der Waals surface area contributed by atoms with Gasteiger partial charge >= 0.3 is 0 Å². The van der Waals surface area contributed by atoms with Crippen molar-refractivity contribution in [3.05, 3.63) is 40.9 Å². The molecule has 1 aromatic heterocycles. The van der Waals surface area contributed by atoms with Crippen LogP contribution >= 0.6 is 11.3 Å². The monoisotopic (exact) mass is 402 g/mol. The summed E-state index contributed by atoms with van der Waals surface area (Å²) in [5, 5.41) is 12.5. The molecule has 1 aliphatic rings. The van der Waals surface area contributed by atoms with Crippen LogP contribution in [0.25, 0.3) is 0 Å². The number of likely N-dealkylation sites (tertiary alicyclic amines) is 1. The molecule has 0 aliphatic carbocycles. The van der Waals surface area contributed by atoms with E-state index in [1.165, 1.54) is 16.9 Å². The van der Waals surface area contributed by atoms with Gasteiger partial charge in [-0.15, -0.1) is 10.2 Å². The number of anilines is 1. The van der Waals surface area contributed by atoms with E-state index in [1.54, 1.807) is 12.0 Å². The Morgan fingerprint density at radius 2 is 2.11 bits per heavy atom. The van der Waals surface area contributed by atoms with Gasteiger partial charge in [0.05, 0.1) is 18.6 Å². The Balaban J connectivity index is 1.47. The third-order valence-electron chi connectivity index (χ3n) is 4.87. The summed E-state index contributed by atoms with van der Waals surface area (Å²) in [5.74, 6) is -0.548. The summed E-state index contributed by atoms with van der Waals surface area (Å²) in [6.07, 6.45) is 3.02. The predicted octanol–water partition coefficient (Wildman–Crippen LogP) is 2.54. The van der Waals surface area contributed by atoms with Crippen LogP contribution in [0, 0.1) is 5.92 Å². The van der Waals surface area contributed by atoms with E-state index < -0.39 is 0 Å². The molecule has 0 bridgehead atoms. The summed E-state index contributed by atoms with van der Waals surface area (Å²) < 4.78 is 5.11. The largest absolute Gasteiger partial charge is 0.383 e. The molecule has 0 saturated carbocycles. The SMILES string of the molecule is COC[C@H](C)N1C[C@@H](C(=O)Nc2nnc(CCCc3ccccc3)s2)CC1=O. The van der Waals surface area contributed by atoms with E-state index in [0.717, 1.165) is 24.3 Å². The molecule has 2 atom stereocenters. The maximum absolute atomic E-state index is 12.5. The van der Waals surface area contributed by atoms with Crippen LogP contribution in [-0.4, -0.2) is 53.2 Å². The van der Waals surface area contributed by atoms with E-state index >= 15 is 0 Å². The summed E-state index contributed by atoms with van der Waals surface area (Å²) >= 11 is 1.40.